The van der Waals surface area contributed by atoms with Gasteiger partial charge in [0.15, 0.2) is 0 Å². The van der Waals surface area contributed by atoms with Crippen molar-refractivity contribution in [3.63, 3.8) is 0 Å². The number of hydrazone groups is 1. The summed E-state index contributed by atoms with van der Waals surface area (Å²) in [7, 11) is 0. The Hall–Kier alpha value is -1.35. The molecule has 14 heavy (non-hydrogen) atoms. The fourth-order valence-electron chi connectivity index (χ4n) is 0.974. The van der Waals surface area contributed by atoms with Crippen LogP contribution in [0.5, 0.6) is 0 Å². The average molecular weight is 192 g/mol. The van der Waals surface area contributed by atoms with Crippen LogP contribution in [0.15, 0.2) is 35.4 Å². The Morgan fingerprint density at radius 3 is 2.79 bits per heavy atom. The molecule has 1 rings (SSSR count). The molecule has 0 aromatic heterocycles. The van der Waals surface area contributed by atoms with Gasteiger partial charge in [-0.05, 0) is 18.6 Å². The standard InChI is InChI=1S/C11H16N2O/c1-2-11(14)8-9-12-13-10-6-4-3-5-7-10/h3-7,9,11,13-14H,2,8H2,1H3/b12-9+. The summed E-state index contributed by atoms with van der Waals surface area (Å²) in [6, 6.07) is 9.72. The van der Waals surface area contributed by atoms with Gasteiger partial charge in [0, 0.05) is 12.6 Å². The van der Waals surface area contributed by atoms with E-state index in [9.17, 15) is 5.11 Å². The quantitative estimate of drug-likeness (QED) is 0.555. The van der Waals surface area contributed by atoms with Crippen LogP contribution in [-0.2, 0) is 0 Å². The van der Waals surface area contributed by atoms with Crippen LogP contribution < -0.4 is 5.43 Å². The number of nitrogens with one attached hydrogen (secondary N) is 1. The first-order chi connectivity index (χ1) is 6.83. The van der Waals surface area contributed by atoms with Crippen molar-refractivity contribution in [3.8, 4) is 0 Å². The highest BCUT2D eigenvalue weighted by Crippen LogP contribution is 2.04. The summed E-state index contributed by atoms with van der Waals surface area (Å²) in [4.78, 5) is 0. The normalized spacial score (nSPS) is 13.0. The molecule has 0 aliphatic rings. The van der Waals surface area contributed by atoms with E-state index >= 15 is 0 Å². The lowest BCUT2D eigenvalue weighted by Crippen LogP contribution is -2.04. The van der Waals surface area contributed by atoms with E-state index in [0.717, 1.165) is 12.1 Å². The number of aliphatic hydroxyl groups excluding tert-OH is 1. The van der Waals surface area contributed by atoms with Gasteiger partial charge >= 0.3 is 0 Å². The number of hydrogen-bond donors (Lipinski definition) is 2. The zero-order valence-electron chi connectivity index (χ0n) is 8.35. The predicted octanol–water partition coefficient (Wildman–Crippen LogP) is 2.25. The molecule has 0 heterocycles. The van der Waals surface area contributed by atoms with Crippen molar-refractivity contribution in [1.29, 1.82) is 0 Å². The number of anilines is 1. The largest absolute Gasteiger partial charge is 0.393 e. The third kappa shape index (κ3) is 4.05. The fraction of sp³-hybridized carbons (Fsp3) is 0.364. The maximum Gasteiger partial charge on any atom is 0.0587 e. The van der Waals surface area contributed by atoms with Gasteiger partial charge in [0.2, 0.25) is 0 Å². The molecule has 0 aliphatic carbocycles. The van der Waals surface area contributed by atoms with Crippen molar-refractivity contribution in [2.75, 3.05) is 5.43 Å². The van der Waals surface area contributed by atoms with E-state index in [2.05, 4.69) is 10.5 Å². The highest BCUT2D eigenvalue weighted by Gasteiger charge is 1.95. The van der Waals surface area contributed by atoms with E-state index in [1.807, 2.05) is 37.3 Å². The Morgan fingerprint density at radius 2 is 2.14 bits per heavy atom. The Kier molecular flexibility index (Phi) is 4.72. The van der Waals surface area contributed by atoms with Crippen molar-refractivity contribution >= 4 is 11.9 Å². The topological polar surface area (TPSA) is 44.6 Å². The van der Waals surface area contributed by atoms with E-state index in [0.29, 0.717) is 6.42 Å². The first-order valence-corrected chi connectivity index (χ1v) is 4.83. The Bertz CT molecular complexity index is 272. The minimum atomic E-state index is -0.281. The van der Waals surface area contributed by atoms with Crippen LogP contribution in [0.3, 0.4) is 0 Å². The maximum atomic E-state index is 9.24. The van der Waals surface area contributed by atoms with Gasteiger partial charge < -0.3 is 5.11 Å². The summed E-state index contributed by atoms with van der Waals surface area (Å²) in [5.74, 6) is 0. The lowest BCUT2D eigenvalue weighted by molar-refractivity contribution is 0.179. The third-order valence-electron chi connectivity index (χ3n) is 1.91. The van der Waals surface area contributed by atoms with Gasteiger partial charge in [-0.15, -0.1) is 0 Å². The van der Waals surface area contributed by atoms with Crippen LogP contribution in [0.25, 0.3) is 0 Å². The highest BCUT2D eigenvalue weighted by atomic mass is 16.3. The first kappa shape index (κ1) is 10.7. The van der Waals surface area contributed by atoms with Gasteiger partial charge in [0.1, 0.15) is 0 Å². The molecule has 1 unspecified atom stereocenters. The van der Waals surface area contributed by atoms with Gasteiger partial charge in [0.25, 0.3) is 0 Å². The van der Waals surface area contributed by atoms with Crippen LogP contribution in [0.2, 0.25) is 0 Å². The zero-order valence-corrected chi connectivity index (χ0v) is 8.35. The number of para-hydroxylation sites is 1. The van der Waals surface area contributed by atoms with Crippen LogP contribution >= 0.6 is 0 Å². The Balaban J connectivity index is 2.27. The van der Waals surface area contributed by atoms with E-state index in [4.69, 9.17) is 0 Å². The minimum Gasteiger partial charge on any atom is -0.393 e. The molecule has 0 saturated carbocycles. The second-order valence-corrected chi connectivity index (χ2v) is 3.09. The van der Waals surface area contributed by atoms with Crippen molar-refractivity contribution in [3.05, 3.63) is 30.3 Å². The Morgan fingerprint density at radius 1 is 1.43 bits per heavy atom. The molecule has 0 radical (unpaired) electrons. The molecular formula is C11H16N2O. The Labute approximate surface area is 84.5 Å². The zero-order chi connectivity index (χ0) is 10.2. The maximum absolute atomic E-state index is 9.24. The molecule has 0 fully saturated rings. The van der Waals surface area contributed by atoms with E-state index < -0.39 is 0 Å². The molecule has 0 amide bonds. The summed E-state index contributed by atoms with van der Waals surface area (Å²) in [6.07, 6.45) is 2.77. The smallest absolute Gasteiger partial charge is 0.0587 e. The summed E-state index contributed by atoms with van der Waals surface area (Å²) in [5, 5.41) is 13.2. The van der Waals surface area contributed by atoms with E-state index in [-0.39, 0.29) is 6.10 Å². The summed E-state index contributed by atoms with van der Waals surface area (Å²) < 4.78 is 0. The van der Waals surface area contributed by atoms with Gasteiger partial charge in [-0.2, -0.15) is 5.10 Å². The van der Waals surface area contributed by atoms with Crippen molar-refractivity contribution in [2.45, 2.75) is 25.9 Å². The molecule has 0 bridgehead atoms. The summed E-state index contributed by atoms with van der Waals surface area (Å²) >= 11 is 0. The van der Waals surface area contributed by atoms with Crippen LogP contribution in [0, 0.1) is 0 Å². The molecule has 0 aliphatic heterocycles. The van der Waals surface area contributed by atoms with Gasteiger partial charge in [0.05, 0.1) is 11.8 Å². The number of benzene rings is 1. The molecule has 0 saturated heterocycles. The summed E-state index contributed by atoms with van der Waals surface area (Å²) in [6.45, 7) is 1.95. The first-order valence-electron chi connectivity index (χ1n) is 4.83. The number of nitrogens with zero attached hydrogens (tertiary/aromatic N) is 1. The molecule has 1 atom stereocenters. The molecule has 76 valence electrons. The monoisotopic (exact) mass is 192 g/mol. The lowest BCUT2D eigenvalue weighted by atomic mass is 10.2. The van der Waals surface area contributed by atoms with Gasteiger partial charge in [-0.3, -0.25) is 5.43 Å². The second kappa shape index (κ2) is 6.16. The highest BCUT2D eigenvalue weighted by molar-refractivity contribution is 5.59. The minimum absolute atomic E-state index is 0.281. The summed E-state index contributed by atoms with van der Waals surface area (Å²) in [5.41, 5.74) is 3.84. The fourth-order valence-corrected chi connectivity index (χ4v) is 0.974. The number of aliphatic hydroxyl groups is 1. The van der Waals surface area contributed by atoms with E-state index in [1.165, 1.54) is 0 Å². The van der Waals surface area contributed by atoms with Crippen molar-refractivity contribution in [2.24, 2.45) is 5.10 Å². The third-order valence-corrected chi connectivity index (χ3v) is 1.91. The molecule has 0 spiro atoms. The molecule has 3 nitrogen and oxygen atoms in total. The molecular weight excluding hydrogens is 176 g/mol. The van der Waals surface area contributed by atoms with Crippen LogP contribution in [0.4, 0.5) is 5.69 Å². The van der Waals surface area contributed by atoms with Crippen molar-refractivity contribution in [1.82, 2.24) is 0 Å². The van der Waals surface area contributed by atoms with E-state index in [1.54, 1.807) is 6.21 Å². The average Bonchev–Trinajstić information content (AvgIpc) is 2.25. The molecule has 1 aromatic carbocycles. The SMILES string of the molecule is CCC(O)C/C=N/Nc1ccccc1. The lowest BCUT2D eigenvalue weighted by Gasteiger charge is -2.02. The van der Waals surface area contributed by atoms with Crippen LogP contribution in [0.1, 0.15) is 19.8 Å². The molecule has 2 N–H and O–H groups in total. The van der Waals surface area contributed by atoms with Gasteiger partial charge in [-0.25, -0.2) is 0 Å². The molecule has 1 aromatic rings. The molecule has 3 heteroatoms. The van der Waals surface area contributed by atoms with Crippen molar-refractivity contribution < 1.29 is 5.11 Å². The second-order valence-electron chi connectivity index (χ2n) is 3.09. The van der Waals surface area contributed by atoms with Gasteiger partial charge in [-0.1, -0.05) is 25.1 Å². The van der Waals surface area contributed by atoms with Crippen LogP contribution in [-0.4, -0.2) is 17.4 Å². The predicted molar refractivity (Wildman–Crippen MR) is 59.5 cm³/mol. The number of hydrogen-bond acceptors (Lipinski definition) is 3. The number of rotatable bonds is 5.